The molecule has 15 heavy (non-hydrogen) atoms. The Kier molecular flexibility index (Phi) is 3.88. The van der Waals surface area contributed by atoms with E-state index in [2.05, 4.69) is 6.07 Å². The van der Waals surface area contributed by atoms with Crippen LogP contribution in [-0.4, -0.2) is 10.7 Å². The highest BCUT2D eigenvalue weighted by Gasteiger charge is 2.30. The number of hydrogen-bond acceptors (Lipinski definition) is 2. The van der Waals surface area contributed by atoms with Crippen LogP contribution in [0, 0.1) is 17.2 Å². The van der Waals surface area contributed by atoms with Gasteiger partial charge in [-0.1, -0.05) is 37.3 Å². The maximum atomic E-state index is 10.2. The van der Waals surface area contributed by atoms with Crippen molar-refractivity contribution in [3.05, 3.63) is 35.9 Å². The fourth-order valence-electron chi connectivity index (χ4n) is 1.80. The van der Waals surface area contributed by atoms with Crippen LogP contribution in [0.15, 0.2) is 30.3 Å². The second-order valence-corrected chi connectivity index (χ2v) is 4.11. The lowest BCUT2D eigenvalue weighted by molar-refractivity contribution is 0.0198. The molecule has 2 nitrogen and oxygen atoms in total. The van der Waals surface area contributed by atoms with Gasteiger partial charge < -0.3 is 5.11 Å². The van der Waals surface area contributed by atoms with Crippen molar-refractivity contribution in [3.8, 4) is 6.07 Å². The molecule has 1 aromatic carbocycles. The predicted molar refractivity (Wildman–Crippen MR) is 60.2 cm³/mol. The highest BCUT2D eigenvalue weighted by Crippen LogP contribution is 2.24. The second kappa shape index (κ2) is 4.95. The van der Waals surface area contributed by atoms with Crippen LogP contribution < -0.4 is 0 Å². The molecule has 80 valence electrons. The molecule has 2 atom stereocenters. The van der Waals surface area contributed by atoms with Crippen molar-refractivity contribution in [3.63, 3.8) is 0 Å². The Bertz CT molecular complexity index is 337. The Hall–Kier alpha value is -1.33. The van der Waals surface area contributed by atoms with Gasteiger partial charge in [-0.2, -0.15) is 5.26 Å². The molecule has 0 heterocycles. The number of nitriles is 1. The summed E-state index contributed by atoms with van der Waals surface area (Å²) in [4.78, 5) is 0. The smallest absolute Gasteiger partial charge is 0.0817 e. The lowest BCUT2D eigenvalue weighted by Crippen LogP contribution is -2.35. The summed E-state index contributed by atoms with van der Waals surface area (Å²) in [6, 6.07) is 11.9. The third kappa shape index (κ3) is 3.07. The Morgan fingerprint density at radius 3 is 2.47 bits per heavy atom. The van der Waals surface area contributed by atoms with Gasteiger partial charge in [0.2, 0.25) is 0 Å². The summed E-state index contributed by atoms with van der Waals surface area (Å²) in [5.41, 5.74) is 0.126. The molecule has 0 spiro atoms. The maximum Gasteiger partial charge on any atom is 0.0817 e. The SMILES string of the molecule is CCC(C#N)C(C)(O)Cc1ccccc1. The average Bonchev–Trinajstić information content (AvgIpc) is 2.19. The Labute approximate surface area is 91.2 Å². The van der Waals surface area contributed by atoms with Gasteiger partial charge in [-0.15, -0.1) is 0 Å². The first-order chi connectivity index (χ1) is 7.10. The van der Waals surface area contributed by atoms with Crippen LogP contribution >= 0.6 is 0 Å². The third-order valence-electron chi connectivity index (χ3n) is 2.72. The molecule has 2 heteroatoms. The quantitative estimate of drug-likeness (QED) is 0.817. The maximum absolute atomic E-state index is 10.2. The van der Waals surface area contributed by atoms with E-state index in [-0.39, 0.29) is 5.92 Å². The van der Waals surface area contributed by atoms with E-state index in [0.717, 1.165) is 5.56 Å². The molecule has 0 aliphatic carbocycles. The van der Waals surface area contributed by atoms with Gasteiger partial charge in [-0.05, 0) is 18.9 Å². The van der Waals surface area contributed by atoms with Gasteiger partial charge in [0.15, 0.2) is 0 Å². The standard InChI is InChI=1S/C13H17NO/c1-3-12(10-14)13(2,15)9-11-7-5-4-6-8-11/h4-8,12,15H,3,9H2,1-2H3. The summed E-state index contributed by atoms with van der Waals surface area (Å²) in [6.07, 6.45) is 1.20. The topological polar surface area (TPSA) is 44.0 Å². The summed E-state index contributed by atoms with van der Waals surface area (Å²) in [5.74, 6) is -0.308. The fourth-order valence-corrected chi connectivity index (χ4v) is 1.80. The number of benzene rings is 1. The van der Waals surface area contributed by atoms with E-state index >= 15 is 0 Å². The van der Waals surface area contributed by atoms with Crippen LogP contribution in [-0.2, 0) is 6.42 Å². The molecule has 0 saturated heterocycles. The molecule has 2 unspecified atom stereocenters. The molecule has 0 bridgehead atoms. The van der Waals surface area contributed by atoms with E-state index in [1.807, 2.05) is 37.3 Å². The number of aliphatic hydroxyl groups is 1. The summed E-state index contributed by atoms with van der Waals surface area (Å²) >= 11 is 0. The monoisotopic (exact) mass is 203 g/mol. The van der Waals surface area contributed by atoms with Gasteiger partial charge >= 0.3 is 0 Å². The van der Waals surface area contributed by atoms with Crippen molar-refractivity contribution in [2.75, 3.05) is 0 Å². The van der Waals surface area contributed by atoms with Crippen LogP contribution in [0.25, 0.3) is 0 Å². The van der Waals surface area contributed by atoms with Crippen molar-refractivity contribution in [2.45, 2.75) is 32.3 Å². The molecular formula is C13H17NO. The van der Waals surface area contributed by atoms with Gasteiger partial charge in [-0.3, -0.25) is 0 Å². The molecule has 0 aliphatic rings. The van der Waals surface area contributed by atoms with Gasteiger partial charge in [0, 0.05) is 6.42 Å². The van der Waals surface area contributed by atoms with Crippen LogP contribution in [0.4, 0.5) is 0 Å². The van der Waals surface area contributed by atoms with Gasteiger partial charge in [0.05, 0.1) is 17.6 Å². The van der Waals surface area contributed by atoms with E-state index in [4.69, 9.17) is 5.26 Å². The minimum absolute atomic E-state index is 0.308. The minimum atomic E-state index is -0.940. The summed E-state index contributed by atoms with van der Waals surface area (Å²) in [7, 11) is 0. The van der Waals surface area contributed by atoms with Crippen LogP contribution in [0.5, 0.6) is 0 Å². The molecule has 0 aromatic heterocycles. The van der Waals surface area contributed by atoms with Crippen LogP contribution in [0.3, 0.4) is 0 Å². The van der Waals surface area contributed by atoms with Crippen molar-refractivity contribution in [2.24, 2.45) is 5.92 Å². The molecule has 0 amide bonds. The lowest BCUT2D eigenvalue weighted by Gasteiger charge is -2.27. The molecule has 0 saturated carbocycles. The third-order valence-corrected chi connectivity index (χ3v) is 2.72. The lowest BCUT2D eigenvalue weighted by atomic mass is 9.83. The number of rotatable bonds is 4. The molecule has 1 rings (SSSR count). The van der Waals surface area contributed by atoms with Crippen molar-refractivity contribution in [1.82, 2.24) is 0 Å². The predicted octanol–water partition coefficient (Wildman–Crippen LogP) is 2.53. The molecule has 1 N–H and O–H groups in total. The summed E-state index contributed by atoms with van der Waals surface area (Å²) in [5, 5.41) is 19.1. The van der Waals surface area contributed by atoms with E-state index in [1.165, 1.54) is 0 Å². The Morgan fingerprint density at radius 2 is 2.00 bits per heavy atom. The van der Waals surface area contributed by atoms with Crippen LogP contribution in [0.2, 0.25) is 0 Å². The van der Waals surface area contributed by atoms with E-state index in [9.17, 15) is 5.11 Å². The fraction of sp³-hybridized carbons (Fsp3) is 0.462. The van der Waals surface area contributed by atoms with Gasteiger partial charge in [-0.25, -0.2) is 0 Å². The minimum Gasteiger partial charge on any atom is -0.388 e. The van der Waals surface area contributed by atoms with Crippen LogP contribution in [0.1, 0.15) is 25.8 Å². The highest BCUT2D eigenvalue weighted by molar-refractivity contribution is 5.18. The molecule has 0 aliphatic heterocycles. The normalized spacial score (nSPS) is 16.4. The van der Waals surface area contributed by atoms with Crippen molar-refractivity contribution >= 4 is 0 Å². The number of hydrogen-bond donors (Lipinski definition) is 1. The average molecular weight is 203 g/mol. The molecule has 0 fully saturated rings. The van der Waals surface area contributed by atoms with Gasteiger partial charge in [0.1, 0.15) is 0 Å². The first kappa shape index (κ1) is 11.7. The van der Waals surface area contributed by atoms with Crippen molar-refractivity contribution < 1.29 is 5.11 Å². The second-order valence-electron chi connectivity index (χ2n) is 4.11. The Morgan fingerprint density at radius 1 is 1.40 bits per heavy atom. The first-order valence-corrected chi connectivity index (χ1v) is 5.26. The highest BCUT2D eigenvalue weighted by atomic mass is 16.3. The zero-order chi connectivity index (χ0) is 11.3. The van der Waals surface area contributed by atoms with E-state index < -0.39 is 5.60 Å². The van der Waals surface area contributed by atoms with Gasteiger partial charge in [0.25, 0.3) is 0 Å². The molecular weight excluding hydrogens is 186 g/mol. The van der Waals surface area contributed by atoms with E-state index in [1.54, 1.807) is 6.92 Å². The zero-order valence-corrected chi connectivity index (χ0v) is 9.27. The Balaban J connectivity index is 2.77. The summed E-state index contributed by atoms with van der Waals surface area (Å²) in [6.45, 7) is 3.66. The zero-order valence-electron chi connectivity index (χ0n) is 9.27. The van der Waals surface area contributed by atoms with Crippen molar-refractivity contribution in [1.29, 1.82) is 5.26 Å². The van der Waals surface area contributed by atoms with E-state index in [0.29, 0.717) is 12.8 Å². The summed E-state index contributed by atoms with van der Waals surface area (Å²) < 4.78 is 0. The largest absolute Gasteiger partial charge is 0.388 e. The molecule has 0 radical (unpaired) electrons. The molecule has 1 aromatic rings. The number of nitrogens with zero attached hydrogens (tertiary/aromatic N) is 1. The first-order valence-electron chi connectivity index (χ1n) is 5.26.